The Morgan fingerprint density at radius 1 is 1.33 bits per heavy atom. The number of halogens is 1. The van der Waals surface area contributed by atoms with Crippen LogP contribution in [0.25, 0.3) is 0 Å². The average Bonchev–Trinajstić information content (AvgIpc) is 2.73. The van der Waals surface area contributed by atoms with Crippen LogP contribution < -0.4 is 10.0 Å². The molecule has 0 spiro atoms. The second-order valence-electron chi connectivity index (χ2n) is 4.70. The van der Waals surface area contributed by atoms with E-state index >= 15 is 0 Å². The van der Waals surface area contributed by atoms with Crippen molar-refractivity contribution in [3.8, 4) is 0 Å². The van der Waals surface area contributed by atoms with Gasteiger partial charge in [0.2, 0.25) is 0 Å². The fourth-order valence-electron chi connectivity index (χ4n) is 1.94. The summed E-state index contributed by atoms with van der Waals surface area (Å²) in [6, 6.07) is 4.62. The number of aromatic nitrogens is 2. The number of sulfonamides is 1. The molecule has 0 radical (unpaired) electrons. The molecule has 0 aliphatic rings. The molecule has 0 saturated heterocycles. The molecule has 3 N–H and O–H groups in total. The van der Waals surface area contributed by atoms with E-state index in [4.69, 9.17) is 11.6 Å². The molecule has 0 atom stereocenters. The summed E-state index contributed by atoms with van der Waals surface area (Å²) in [4.78, 5) is 0.164. The van der Waals surface area contributed by atoms with Crippen LogP contribution in [-0.4, -0.2) is 25.7 Å². The number of rotatable bonds is 5. The number of hydrogen-bond acceptors (Lipinski definition) is 4. The molecule has 21 heavy (non-hydrogen) atoms. The Bertz CT molecular complexity index is 736. The van der Waals surface area contributed by atoms with Gasteiger partial charge in [0.05, 0.1) is 22.0 Å². The van der Waals surface area contributed by atoms with E-state index < -0.39 is 10.0 Å². The van der Waals surface area contributed by atoms with Crippen molar-refractivity contribution in [3.63, 3.8) is 0 Å². The lowest BCUT2D eigenvalue weighted by molar-refractivity contribution is 0.601. The molecule has 1 aromatic heterocycles. The van der Waals surface area contributed by atoms with Gasteiger partial charge < -0.3 is 5.32 Å². The molecule has 8 heteroatoms. The number of nitrogens with one attached hydrogen (secondary N) is 3. The molecule has 0 aliphatic heterocycles. The first-order valence-electron chi connectivity index (χ1n) is 6.32. The zero-order valence-electron chi connectivity index (χ0n) is 12.0. The van der Waals surface area contributed by atoms with Crippen LogP contribution in [0.2, 0.25) is 5.02 Å². The molecule has 6 nitrogen and oxygen atoms in total. The fourth-order valence-corrected chi connectivity index (χ4v) is 3.36. The van der Waals surface area contributed by atoms with Crippen molar-refractivity contribution in [2.45, 2.75) is 25.3 Å². The fraction of sp³-hybridized carbons (Fsp3) is 0.308. The maximum atomic E-state index is 12.5. The predicted molar refractivity (Wildman–Crippen MR) is 83.1 cm³/mol. The van der Waals surface area contributed by atoms with E-state index in [2.05, 4.69) is 20.2 Å². The Balaban J connectivity index is 2.38. The number of nitrogens with zero attached hydrogens (tertiary/aromatic N) is 1. The largest absolute Gasteiger partial charge is 0.316 e. The number of benzene rings is 1. The van der Waals surface area contributed by atoms with Crippen molar-refractivity contribution >= 4 is 27.3 Å². The van der Waals surface area contributed by atoms with E-state index in [1.807, 2.05) is 0 Å². The topological polar surface area (TPSA) is 86.9 Å². The molecule has 0 saturated carbocycles. The molecule has 0 fully saturated rings. The zero-order chi connectivity index (χ0) is 15.6. The lowest BCUT2D eigenvalue weighted by Gasteiger charge is -2.10. The average molecular weight is 329 g/mol. The minimum Gasteiger partial charge on any atom is -0.316 e. The Hall–Kier alpha value is -1.57. The van der Waals surface area contributed by atoms with Crippen molar-refractivity contribution in [2.75, 3.05) is 11.8 Å². The highest BCUT2D eigenvalue weighted by molar-refractivity contribution is 7.92. The van der Waals surface area contributed by atoms with Crippen molar-refractivity contribution in [1.29, 1.82) is 0 Å². The lowest BCUT2D eigenvalue weighted by atomic mass is 10.2. The molecule has 2 rings (SSSR count). The summed E-state index contributed by atoms with van der Waals surface area (Å²) < 4.78 is 27.5. The van der Waals surface area contributed by atoms with Gasteiger partial charge in [-0.3, -0.25) is 9.82 Å². The number of aromatic amines is 1. The molecular weight excluding hydrogens is 312 g/mol. The van der Waals surface area contributed by atoms with Gasteiger partial charge in [0.25, 0.3) is 10.0 Å². The first kappa shape index (κ1) is 15.8. The second-order valence-corrected chi connectivity index (χ2v) is 6.79. The number of aryl methyl sites for hydroxylation is 2. The normalized spacial score (nSPS) is 11.6. The van der Waals surface area contributed by atoms with E-state index in [0.29, 0.717) is 28.6 Å². The first-order chi connectivity index (χ1) is 9.85. The van der Waals surface area contributed by atoms with E-state index in [-0.39, 0.29) is 4.90 Å². The van der Waals surface area contributed by atoms with E-state index in [9.17, 15) is 8.42 Å². The van der Waals surface area contributed by atoms with Crippen LogP contribution in [0.5, 0.6) is 0 Å². The number of anilines is 1. The molecule has 2 aromatic rings. The van der Waals surface area contributed by atoms with Crippen LogP contribution in [0.3, 0.4) is 0 Å². The van der Waals surface area contributed by atoms with Crippen molar-refractivity contribution in [3.05, 3.63) is 40.2 Å². The molecule has 1 aromatic carbocycles. The molecule has 0 amide bonds. The third-order valence-corrected chi connectivity index (χ3v) is 4.78. The minimum absolute atomic E-state index is 0.164. The summed E-state index contributed by atoms with van der Waals surface area (Å²) in [5.74, 6) is 0. The van der Waals surface area contributed by atoms with Crippen molar-refractivity contribution < 1.29 is 8.42 Å². The number of H-pyrrole nitrogens is 1. The van der Waals surface area contributed by atoms with Crippen LogP contribution in [0.4, 0.5) is 5.69 Å². The van der Waals surface area contributed by atoms with Gasteiger partial charge in [-0.05, 0) is 44.7 Å². The summed E-state index contributed by atoms with van der Waals surface area (Å²) in [5.41, 5.74) is 2.46. The Morgan fingerprint density at radius 3 is 2.62 bits per heavy atom. The highest BCUT2D eigenvalue weighted by atomic mass is 35.5. The Morgan fingerprint density at radius 2 is 2.05 bits per heavy atom. The predicted octanol–water partition coefficient (Wildman–Crippen LogP) is 2.20. The highest BCUT2D eigenvalue weighted by Gasteiger charge is 2.19. The molecule has 0 aliphatic carbocycles. The summed E-state index contributed by atoms with van der Waals surface area (Å²) in [5, 5.41) is 10.2. The van der Waals surface area contributed by atoms with Gasteiger partial charge in [0.15, 0.2) is 0 Å². The van der Waals surface area contributed by atoms with Gasteiger partial charge in [-0.25, -0.2) is 8.42 Å². The van der Waals surface area contributed by atoms with Crippen LogP contribution in [0.1, 0.15) is 17.0 Å². The number of hydrogen-bond donors (Lipinski definition) is 3. The highest BCUT2D eigenvalue weighted by Crippen LogP contribution is 2.24. The van der Waals surface area contributed by atoms with Crippen LogP contribution in [0, 0.1) is 13.8 Å². The van der Waals surface area contributed by atoms with Crippen LogP contribution >= 0.6 is 11.6 Å². The monoisotopic (exact) mass is 328 g/mol. The molecule has 114 valence electrons. The van der Waals surface area contributed by atoms with Crippen LogP contribution in [0.15, 0.2) is 23.1 Å². The molecule has 0 bridgehead atoms. The quantitative estimate of drug-likeness (QED) is 0.785. The molecular formula is C13H17ClN4O2S. The smallest absolute Gasteiger partial charge is 0.262 e. The summed E-state index contributed by atoms with van der Waals surface area (Å²) in [6.45, 7) is 3.98. The van der Waals surface area contributed by atoms with Gasteiger partial charge in [0.1, 0.15) is 0 Å². The summed E-state index contributed by atoms with van der Waals surface area (Å²) in [7, 11) is -1.91. The Kier molecular flexibility index (Phi) is 4.55. The minimum atomic E-state index is -3.68. The van der Waals surface area contributed by atoms with E-state index in [0.717, 1.165) is 5.56 Å². The van der Waals surface area contributed by atoms with Crippen LogP contribution in [-0.2, 0) is 16.6 Å². The molecule has 1 heterocycles. The van der Waals surface area contributed by atoms with Gasteiger partial charge in [-0.15, -0.1) is 0 Å². The standard InChI is InChI=1S/C13H17ClN4O2S/c1-8-13(9(2)17-16-8)18-21(19,20)11-4-5-12(14)10(6-11)7-15-3/h4-6,15,18H,7H2,1-3H3,(H,16,17). The van der Waals surface area contributed by atoms with Gasteiger partial charge >= 0.3 is 0 Å². The first-order valence-corrected chi connectivity index (χ1v) is 8.18. The molecule has 0 unspecified atom stereocenters. The van der Waals surface area contributed by atoms with Gasteiger partial charge in [-0.2, -0.15) is 5.10 Å². The van der Waals surface area contributed by atoms with Gasteiger partial charge in [0, 0.05) is 11.6 Å². The second kappa shape index (κ2) is 6.05. The lowest BCUT2D eigenvalue weighted by Crippen LogP contribution is -2.15. The Labute approximate surface area is 129 Å². The maximum Gasteiger partial charge on any atom is 0.262 e. The van der Waals surface area contributed by atoms with Crippen molar-refractivity contribution in [1.82, 2.24) is 15.5 Å². The van der Waals surface area contributed by atoms with Crippen molar-refractivity contribution in [2.24, 2.45) is 0 Å². The van der Waals surface area contributed by atoms with E-state index in [1.54, 1.807) is 33.0 Å². The zero-order valence-corrected chi connectivity index (χ0v) is 13.6. The SMILES string of the molecule is CNCc1cc(S(=O)(=O)Nc2c(C)n[nH]c2C)ccc1Cl. The maximum absolute atomic E-state index is 12.5. The van der Waals surface area contributed by atoms with Gasteiger partial charge in [-0.1, -0.05) is 11.6 Å². The third-order valence-electron chi connectivity index (χ3n) is 3.06. The summed E-state index contributed by atoms with van der Waals surface area (Å²) in [6.07, 6.45) is 0. The van der Waals surface area contributed by atoms with E-state index in [1.165, 1.54) is 6.07 Å². The third kappa shape index (κ3) is 3.37. The summed E-state index contributed by atoms with van der Waals surface area (Å²) >= 11 is 6.05.